The quantitative estimate of drug-likeness (QED) is 0.435. The summed E-state index contributed by atoms with van der Waals surface area (Å²) in [6.45, 7) is 3.71. The third kappa shape index (κ3) is 3.83. The highest BCUT2D eigenvalue weighted by molar-refractivity contribution is 7.99. The highest BCUT2D eigenvalue weighted by Gasteiger charge is 2.57. The summed E-state index contributed by atoms with van der Waals surface area (Å²) in [5.74, 6) is 2.74. The molecule has 0 amide bonds. The van der Waals surface area contributed by atoms with Gasteiger partial charge in [-0.1, -0.05) is 42.1 Å². The van der Waals surface area contributed by atoms with E-state index in [2.05, 4.69) is 55.0 Å². The summed E-state index contributed by atoms with van der Waals surface area (Å²) in [4.78, 5) is 6.85. The molecule has 1 spiro atoms. The predicted octanol–water partition coefficient (Wildman–Crippen LogP) is 4.24. The standard InChI is InChI=1S/C23H27N5S/c1-27-21(19-9-5-11-24-16-19)25-26-22(27)29-14-6-12-28-13-10-23(17-28)15-20(23)18-7-3-2-4-8-18/h2-5,7-9,11,16,20H,6,10,12-15,17H2,1H3/t20-,23?/m1/s1. The van der Waals surface area contributed by atoms with Crippen LogP contribution in [0.5, 0.6) is 0 Å². The van der Waals surface area contributed by atoms with Gasteiger partial charge >= 0.3 is 0 Å². The van der Waals surface area contributed by atoms with Gasteiger partial charge in [-0.15, -0.1) is 10.2 Å². The lowest BCUT2D eigenvalue weighted by Gasteiger charge is -2.16. The van der Waals surface area contributed by atoms with Gasteiger partial charge in [0.25, 0.3) is 0 Å². The highest BCUT2D eigenvalue weighted by atomic mass is 32.2. The van der Waals surface area contributed by atoms with Crippen molar-refractivity contribution in [2.75, 3.05) is 25.4 Å². The van der Waals surface area contributed by atoms with E-state index in [1.807, 2.05) is 25.4 Å². The van der Waals surface area contributed by atoms with Crippen molar-refractivity contribution in [3.05, 3.63) is 60.4 Å². The van der Waals surface area contributed by atoms with Gasteiger partial charge in [-0.3, -0.25) is 4.98 Å². The summed E-state index contributed by atoms with van der Waals surface area (Å²) < 4.78 is 2.07. The molecule has 2 aliphatic rings. The molecule has 1 saturated carbocycles. The Morgan fingerprint density at radius 1 is 1.14 bits per heavy atom. The molecule has 2 atom stereocenters. The summed E-state index contributed by atoms with van der Waals surface area (Å²) in [6.07, 6.45) is 7.53. The number of thioether (sulfide) groups is 1. The Morgan fingerprint density at radius 3 is 2.86 bits per heavy atom. The number of nitrogens with zero attached hydrogens (tertiary/aromatic N) is 5. The second kappa shape index (κ2) is 7.92. The van der Waals surface area contributed by atoms with Crippen molar-refractivity contribution >= 4 is 11.8 Å². The molecule has 1 aliphatic carbocycles. The second-order valence-electron chi connectivity index (χ2n) is 8.36. The smallest absolute Gasteiger partial charge is 0.191 e. The fourth-order valence-electron chi connectivity index (χ4n) is 4.77. The maximum atomic E-state index is 4.37. The second-order valence-corrected chi connectivity index (χ2v) is 9.43. The molecule has 6 heteroatoms. The van der Waals surface area contributed by atoms with Crippen LogP contribution in [0, 0.1) is 5.41 Å². The number of hydrogen-bond donors (Lipinski definition) is 0. The Kier molecular flexibility index (Phi) is 5.14. The van der Waals surface area contributed by atoms with E-state index in [-0.39, 0.29) is 0 Å². The fourth-order valence-corrected chi connectivity index (χ4v) is 5.60. The lowest BCUT2D eigenvalue weighted by molar-refractivity contribution is 0.319. The van der Waals surface area contributed by atoms with Gasteiger partial charge in [0, 0.05) is 37.3 Å². The first-order valence-electron chi connectivity index (χ1n) is 10.5. The number of aromatic nitrogens is 4. The first kappa shape index (κ1) is 18.8. The zero-order valence-electron chi connectivity index (χ0n) is 16.9. The molecule has 0 radical (unpaired) electrons. The van der Waals surface area contributed by atoms with E-state index >= 15 is 0 Å². The van der Waals surface area contributed by atoms with Crippen LogP contribution in [0.2, 0.25) is 0 Å². The van der Waals surface area contributed by atoms with E-state index < -0.39 is 0 Å². The van der Waals surface area contributed by atoms with Crippen LogP contribution in [0.1, 0.15) is 30.7 Å². The Bertz CT molecular complexity index is 958. The predicted molar refractivity (Wildman–Crippen MR) is 117 cm³/mol. The molecule has 1 aliphatic heterocycles. The van der Waals surface area contributed by atoms with Gasteiger partial charge in [0.15, 0.2) is 11.0 Å². The van der Waals surface area contributed by atoms with Crippen molar-refractivity contribution in [2.24, 2.45) is 12.5 Å². The monoisotopic (exact) mass is 405 g/mol. The first-order chi connectivity index (χ1) is 14.3. The third-order valence-corrected chi connectivity index (χ3v) is 7.57. The minimum atomic E-state index is 0.566. The van der Waals surface area contributed by atoms with Crippen LogP contribution in [0.3, 0.4) is 0 Å². The molecular formula is C23H27N5S. The molecule has 5 rings (SSSR count). The lowest BCUT2D eigenvalue weighted by Crippen LogP contribution is -2.23. The van der Waals surface area contributed by atoms with Gasteiger partial charge in [-0.2, -0.15) is 0 Å². The van der Waals surface area contributed by atoms with E-state index in [0.29, 0.717) is 5.41 Å². The zero-order chi connectivity index (χ0) is 19.7. The van der Waals surface area contributed by atoms with Crippen LogP contribution in [-0.4, -0.2) is 50.0 Å². The number of pyridine rings is 1. The number of hydrogen-bond acceptors (Lipinski definition) is 5. The summed E-state index contributed by atoms with van der Waals surface area (Å²) in [5.41, 5.74) is 3.11. The van der Waals surface area contributed by atoms with Crippen LogP contribution in [0.25, 0.3) is 11.4 Å². The van der Waals surface area contributed by atoms with Gasteiger partial charge in [0.1, 0.15) is 0 Å². The van der Waals surface area contributed by atoms with Gasteiger partial charge in [0.2, 0.25) is 0 Å². The minimum Gasteiger partial charge on any atom is -0.305 e. The molecule has 150 valence electrons. The third-order valence-electron chi connectivity index (χ3n) is 6.46. The SMILES string of the molecule is Cn1c(SCCCN2CCC3(C[C@@H]3c3ccccc3)C2)nnc1-c1cccnc1. The molecule has 0 N–H and O–H groups in total. The molecule has 3 aromatic rings. The average Bonchev–Trinajstić information content (AvgIpc) is 3.11. The van der Waals surface area contributed by atoms with Gasteiger partial charge in [-0.25, -0.2) is 0 Å². The van der Waals surface area contributed by atoms with E-state index in [0.717, 1.165) is 28.2 Å². The normalized spacial score (nSPS) is 23.7. The molecular weight excluding hydrogens is 378 g/mol. The molecule has 1 aromatic carbocycles. The lowest BCUT2D eigenvalue weighted by atomic mass is 9.98. The fraction of sp³-hybridized carbons (Fsp3) is 0.435. The highest BCUT2D eigenvalue weighted by Crippen LogP contribution is 2.63. The summed E-state index contributed by atoms with van der Waals surface area (Å²) in [7, 11) is 2.03. The number of rotatable bonds is 7. The average molecular weight is 406 g/mol. The van der Waals surface area contributed by atoms with Crippen molar-refractivity contribution in [3.8, 4) is 11.4 Å². The molecule has 5 nitrogen and oxygen atoms in total. The molecule has 2 aromatic heterocycles. The number of benzene rings is 1. The van der Waals surface area contributed by atoms with E-state index in [1.54, 1.807) is 18.0 Å². The molecule has 2 fully saturated rings. The summed E-state index contributed by atoms with van der Waals surface area (Å²) in [5, 5.41) is 9.70. The van der Waals surface area contributed by atoms with Gasteiger partial charge in [0.05, 0.1) is 0 Å². The maximum Gasteiger partial charge on any atom is 0.191 e. The van der Waals surface area contributed by atoms with E-state index in [4.69, 9.17) is 0 Å². The van der Waals surface area contributed by atoms with E-state index in [1.165, 1.54) is 44.5 Å². The van der Waals surface area contributed by atoms with Crippen molar-refractivity contribution in [1.82, 2.24) is 24.6 Å². The van der Waals surface area contributed by atoms with Crippen LogP contribution < -0.4 is 0 Å². The maximum absolute atomic E-state index is 4.37. The Morgan fingerprint density at radius 2 is 2.03 bits per heavy atom. The van der Waals surface area contributed by atoms with Crippen molar-refractivity contribution in [1.29, 1.82) is 0 Å². The summed E-state index contributed by atoms with van der Waals surface area (Å²) in [6, 6.07) is 15.0. The molecule has 1 unspecified atom stereocenters. The van der Waals surface area contributed by atoms with E-state index in [9.17, 15) is 0 Å². The van der Waals surface area contributed by atoms with Crippen LogP contribution >= 0.6 is 11.8 Å². The Balaban J connectivity index is 1.09. The number of likely N-dealkylation sites (tertiary alicyclic amines) is 1. The van der Waals surface area contributed by atoms with Crippen molar-refractivity contribution in [2.45, 2.75) is 30.3 Å². The van der Waals surface area contributed by atoms with Crippen LogP contribution in [0.4, 0.5) is 0 Å². The zero-order valence-corrected chi connectivity index (χ0v) is 17.7. The van der Waals surface area contributed by atoms with Crippen molar-refractivity contribution in [3.63, 3.8) is 0 Å². The molecule has 1 saturated heterocycles. The molecule has 29 heavy (non-hydrogen) atoms. The van der Waals surface area contributed by atoms with Gasteiger partial charge in [-0.05, 0) is 61.4 Å². The van der Waals surface area contributed by atoms with Crippen molar-refractivity contribution < 1.29 is 0 Å². The minimum absolute atomic E-state index is 0.566. The van der Waals surface area contributed by atoms with Gasteiger partial charge < -0.3 is 9.47 Å². The molecule has 0 bridgehead atoms. The Hall–Kier alpha value is -2.18. The van der Waals surface area contributed by atoms with Crippen LogP contribution in [0.15, 0.2) is 60.0 Å². The summed E-state index contributed by atoms with van der Waals surface area (Å²) >= 11 is 1.80. The first-order valence-corrected chi connectivity index (χ1v) is 11.4. The topological polar surface area (TPSA) is 46.8 Å². The molecule has 3 heterocycles. The van der Waals surface area contributed by atoms with Crippen LogP contribution in [-0.2, 0) is 7.05 Å². The largest absolute Gasteiger partial charge is 0.305 e. The Labute approximate surface area is 176 Å².